The number of aromatic nitrogens is 3. The van der Waals surface area contributed by atoms with E-state index in [4.69, 9.17) is 9.47 Å². The molecule has 0 unspecified atom stereocenters. The van der Waals surface area contributed by atoms with Gasteiger partial charge >= 0.3 is 0 Å². The third kappa shape index (κ3) is 3.19. The Hall–Kier alpha value is -2.41. The van der Waals surface area contributed by atoms with Crippen molar-refractivity contribution in [3.63, 3.8) is 0 Å². The topological polar surface area (TPSA) is 78.3 Å². The van der Waals surface area contributed by atoms with Gasteiger partial charge in [-0.05, 0) is 31.5 Å². The average Bonchev–Trinajstić information content (AvgIpc) is 2.97. The first kappa shape index (κ1) is 15.5. The number of carbonyl (C=O) groups is 1. The molecule has 1 aliphatic heterocycles. The molecule has 0 spiro atoms. The molecule has 1 aromatic carbocycles. The summed E-state index contributed by atoms with van der Waals surface area (Å²) in [7, 11) is 1.64. The Morgan fingerprint density at radius 3 is 2.78 bits per heavy atom. The second kappa shape index (κ2) is 6.37. The van der Waals surface area contributed by atoms with E-state index in [2.05, 4.69) is 15.6 Å². The lowest BCUT2D eigenvalue weighted by molar-refractivity contribution is -0.00179. The normalized spacial score (nSPS) is 17.0. The van der Waals surface area contributed by atoms with E-state index in [1.165, 1.54) is 0 Å². The van der Waals surface area contributed by atoms with Crippen molar-refractivity contribution in [2.24, 2.45) is 0 Å². The third-order valence-electron chi connectivity index (χ3n) is 3.72. The molecule has 0 saturated heterocycles. The summed E-state index contributed by atoms with van der Waals surface area (Å²) in [5.41, 5.74) is 2.10. The van der Waals surface area contributed by atoms with Crippen LogP contribution in [0.1, 0.15) is 41.7 Å². The molecule has 1 aliphatic rings. The maximum Gasteiger partial charge on any atom is 0.274 e. The number of rotatable bonds is 4. The number of hydrogen-bond acceptors (Lipinski definition) is 5. The largest absolute Gasteiger partial charge is 0.497 e. The maximum atomic E-state index is 12.1. The van der Waals surface area contributed by atoms with Crippen LogP contribution in [0.3, 0.4) is 0 Å². The summed E-state index contributed by atoms with van der Waals surface area (Å²) in [4.78, 5) is 12.1. The second-order valence-corrected chi connectivity index (χ2v) is 5.77. The minimum absolute atomic E-state index is 0.0522. The third-order valence-corrected chi connectivity index (χ3v) is 3.72. The molecule has 7 heteroatoms. The average molecular weight is 316 g/mol. The molecule has 0 radical (unpaired) electrons. The van der Waals surface area contributed by atoms with Gasteiger partial charge in [-0.25, -0.2) is 4.68 Å². The molecule has 122 valence electrons. The molecule has 0 aliphatic carbocycles. The number of ether oxygens (including phenoxy) is 2. The van der Waals surface area contributed by atoms with Crippen LogP contribution < -0.4 is 10.1 Å². The van der Waals surface area contributed by atoms with E-state index in [1.54, 1.807) is 11.8 Å². The molecule has 0 saturated carbocycles. The highest BCUT2D eigenvalue weighted by molar-refractivity contribution is 5.93. The van der Waals surface area contributed by atoms with E-state index < -0.39 is 0 Å². The van der Waals surface area contributed by atoms with Crippen molar-refractivity contribution in [2.75, 3.05) is 7.11 Å². The minimum Gasteiger partial charge on any atom is -0.497 e. The number of nitrogens with zero attached hydrogens (tertiary/aromatic N) is 3. The van der Waals surface area contributed by atoms with E-state index in [0.717, 1.165) is 11.3 Å². The fourth-order valence-electron chi connectivity index (χ4n) is 2.54. The summed E-state index contributed by atoms with van der Waals surface area (Å²) in [6.45, 7) is 4.66. The van der Waals surface area contributed by atoms with Crippen LogP contribution in [-0.4, -0.2) is 34.1 Å². The Balaban J connectivity index is 1.76. The second-order valence-electron chi connectivity index (χ2n) is 5.77. The molecule has 2 aromatic rings. The van der Waals surface area contributed by atoms with Crippen molar-refractivity contribution in [3.8, 4) is 5.75 Å². The van der Waals surface area contributed by atoms with Gasteiger partial charge in [-0.1, -0.05) is 17.3 Å². The van der Waals surface area contributed by atoms with Gasteiger partial charge in [0.1, 0.15) is 11.9 Å². The van der Waals surface area contributed by atoms with E-state index in [-0.39, 0.29) is 18.1 Å². The first-order valence-electron chi connectivity index (χ1n) is 7.57. The van der Waals surface area contributed by atoms with Gasteiger partial charge in [0.05, 0.1) is 26.0 Å². The quantitative estimate of drug-likeness (QED) is 0.929. The molecule has 1 amide bonds. The van der Waals surface area contributed by atoms with Crippen LogP contribution in [-0.2, 0) is 17.9 Å². The lowest BCUT2D eigenvalue weighted by Crippen LogP contribution is -2.32. The standard InChI is InChI=1S/C16H20N4O3/c1-10(2)17-16(21)15-13-9-23-14(8-20(13)19-18-15)11-4-6-12(22-3)7-5-11/h4-7,10,14H,8-9H2,1-3H3,(H,17,21)/t14-/m0/s1. The fraction of sp³-hybridized carbons (Fsp3) is 0.438. The van der Waals surface area contributed by atoms with Crippen molar-refractivity contribution >= 4 is 5.91 Å². The number of carbonyl (C=O) groups excluding carboxylic acids is 1. The van der Waals surface area contributed by atoms with Gasteiger partial charge < -0.3 is 14.8 Å². The van der Waals surface area contributed by atoms with Crippen molar-refractivity contribution in [1.82, 2.24) is 20.3 Å². The molecule has 0 fully saturated rings. The fourth-order valence-corrected chi connectivity index (χ4v) is 2.54. The summed E-state index contributed by atoms with van der Waals surface area (Å²) in [6.07, 6.45) is -0.115. The summed E-state index contributed by atoms with van der Waals surface area (Å²) >= 11 is 0. The Labute approximate surface area is 134 Å². The van der Waals surface area contributed by atoms with Crippen LogP contribution in [0, 0.1) is 0 Å². The Bertz CT molecular complexity index is 694. The van der Waals surface area contributed by atoms with Gasteiger partial charge in [0.2, 0.25) is 0 Å². The number of fused-ring (bicyclic) bond motifs is 1. The monoisotopic (exact) mass is 316 g/mol. The Morgan fingerprint density at radius 2 is 2.13 bits per heavy atom. The van der Waals surface area contributed by atoms with E-state index in [1.807, 2.05) is 38.1 Å². The SMILES string of the molecule is COc1ccc([C@@H]2Cn3nnc(C(=O)NC(C)C)c3CO2)cc1. The highest BCUT2D eigenvalue weighted by Gasteiger charge is 2.27. The molecular weight excluding hydrogens is 296 g/mol. The summed E-state index contributed by atoms with van der Waals surface area (Å²) < 4.78 is 12.8. The van der Waals surface area contributed by atoms with Gasteiger partial charge in [0.15, 0.2) is 5.69 Å². The number of benzene rings is 1. The number of methoxy groups -OCH3 is 1. The highest BCUT2D eigenvalue weighted by Crippen LogP contribution is 2.28. The molecule has 2 heterocycles. The van der Waals surface area contributed by atoms with E-state index >= 15 is 0 Å². The Kier molecular flexibility index (Phi) is 4.29. The number of hydrogen-bond donors (Lipinski definition) is 1. The zero-order chi connectivity index (χ0) is 16.4. The highest BCUT2D eigenvalue weighted by atomic mass is 16.5. The molecule has 1 N–H and O–H groups in total. The number of amides is 1. The van der Waals surface area contributed by atoms with Crippen LogP contribution >= 0.6 is 0 Å². The van der Waals surface area contributed by atoms with Crippen LogP contribution in [0.4, 0.5) is 0 Å². The van der Waals surface area contributed by atoms with Crippen molar-refractivity contribution in [3.05, 3.63) is 41.2 Å². The van der Waals surface area contributed by atoms with Gasteiger partial charge in [-0.3, -0.25) is 4.79 Å². The van der Waals surface area contributed by atoms with Crippen molar-refractivity contribution < 1.29 is 14.3 Å². The minimum atomic E-state index is -0.215. The smallest absolute Gasteiger partial charge is 0.274 e. The van der Waals surface area contributed by atoms with Gasteiger partial charge in [0, 0.05) is 6.04 Å². The first-order valence-corrected chi connectivity index (χ1v) is 7.57. The van der Waals surface area contributed by atoms with E-state index in [0.29, 0.717) is 24.5 Å². The van der Waals surface area contributed by atoms with Crippen molar-refractivity contribution in [2.45, 2.75) is 39.1 Å². The van der Waals surface area contributed by atoms with Gasteiger partial charge in [-0.15, -0.1) is 5.10 Å². The van der Waals surface area contributed by atoms with Gasteiger partial charge in [-0.2, -0.15) is 0 Å². The zero-order valence-corrected chi connectivity index (χ0v) is 13.4. The predicted molar refractivity (Wildman–Crippen MR) is 83.1 cm³/mol. The predicted octanol–water partition coefficient (Wildman–Crippen LogP) is 1.70. The van der Waals surface area contributed by atoms with E-state index in [9.17, 15) is 4.79 Å². The molecule has 3 rings (SSSR count). The molecule has 0 bridgehead atoms. The zero-order valence-electron chi connectivity index (χ0n) is 13.4. The van der Waals surface area contributed by atoms with Crippen LogP contribution in [0.15, 0.2) is 24.3 Å². The van der Waals surface area contributed by atoms with Gasteiger partial charge in [0.25, 0.3) is 5.91 Å². The molecule has 1 aromatic heterocycles. The summed E-state index contributed by atoms with van der Waals surface area (Å²) in [5.74, 6) is 0.589. The lowest BCUT2D eigenvalue weighted by atomic mass is 10.1. The van der Waals surface area contributed by atoms with Crippen molar-refractivity contribution in [1.29, 1.82) is 0 Å². The molecular formula is C16H20N4O3. The lowest BCUT2D eigenvalue weighted by Gasteiger charge is -2.24. The summed E-state index contributed by atoms with van der Waals surface area (Å²) in [5, 5.41) is 10.9. The first-order chi connectivity index (χ1) is 11.1. The van der Waals surface area contributed by atoms with Crippen LogP contribution in [0.5, 0.6) is 5.75 Å². The molecule has 23 heavy (non-hydrogen) atoms. The van der Waals surface area contributed by atoms with Crippen LogP contribution in [0.2, 0.25) is 0 Å². The summed E-state index contributed by atoms with van der Waals surface area (Å²) in [6, 6.07) is 7.79. The molecule has 7 nitrogen and oxygen atoms in total. The number of nitrogens with one attached hydrogen (secondary N) is 1. The maximum absolute atomic E-state index is 12.1. The Morgan fingerprint density at radius 1 is 1.39 bits per heavy atom. The van der Waals surface area contributed by atoms with Crippen LogP contribution in [0.25, 0.3) is 0 Å². The molecule has 1 atom stereocenters.